The molecule has 0 saturated carbocycles. The summed E-state index contributed by atoms with van der Waals surface area (Å²) in [5.74, 6) is -0.501. The molecule has 0 bridgehead atoms. The molecular formula is C22H22N2O4S. The lowest BCUT2D eigenvalue weighted by atomic mass is 10.0. The van der Waals surface area contributed by atoms with Crippen LogP contribution in [0.1, 0.15) is 25.9 Å². The van der Waals surface area contributed by atoms with E-state index in [9.17, 15) is 9.59 Å². The van der Waals surface area contributed by atoms with Crippen molar-refractivity contribution in [3.63, 3.8) is 0 Å². The number of hydrogen-bond acceptors (Lipinski definition) is 5. The molecule has 0 atom stereocenters. The number of nitrogens with zero attached hydrogens (tertiary/aromatic N) is 1. The molecule has 6 nitrogen and oxygen atoms in total. The second-order valence-electron chi connectivity index (χ2n) is 6.59. The van der Waals surface area contributed by atoms with Crippen molar-refractivity contribution in [2.45, 2.75) is 20.3 Å². The summed E-state index contributed by atoms with van der Waals surface area (Å²) in [6, 6.07) is 16.2. The van der Waals surface area contributed by atoms with Crippen LogP contribution in [0.3, 0.4) is 0 Å². The second-order valence-corrected chi connectivity index (χ2v) is 7.68. The molecule has 1 heterocycles. The number of ether oxygens (including phenoxy) is 1. The van der Waals surface area contributed by atoms with Crippen LogP contribution in [0.2, 0.25) is 0 Å². The first kappa shape index (κ1) is 20.5. The van der Waals surface area contributed by atoms with Crippen molar-refractivity contribution in [2.75, 3.05) is 13.2 Å². The number of benzene rings is 2. The Bertz CT molecular complexity index is 995. The number of rotatable bonds is 8. The summed E-state index contributed by atoms with van der Waals surface area (Å²) in [5.41, 5.74) is 3.92. The second kappa shape index (κ2) is 9.34. The topological polar surface area (TPSA) is 88.5 Å². The zero-order valence-corrected chi connectivity index (χ0v) is 17.1. The summed E-state index contributed by atoms with van der Waals surface area (Å²) in [6.07, 6.45) is 0.0596. The van der Waals surface area contributed by atoms with E-state index in [4.69, 9.17) is 9.84 Å². The van der Waals surface area contributed by atoms with Crippen LogP contribution in [-0.4, -0.2) is 35.1 Å². The Labute approximate surface area is 173 Å². The van der Waals surface area contributed by atoms with Crippen LogP contribution in [0.4, 0.5) is 0 Å². The summed E-state index contributed by atoms with van der Waals surface area (Å²) in [5, 5.41) is 12.3. The number of carboxylic acids is 1. The van der Waals surface area contributed by atoms with Gasteiger partial charge in [-0.05, 0) is 37.1 Å². The number of carbonyl (C=O) groups is 2. The zero-order valence-electron chi connectivity index (χ0n) is 16.3. The summed E-state index contributed by atoms with van der Waals surface area (Å²) in [6.45, 7) is 4.38. The minimum absolute atomic E-state index is 0.0596. The number of carbonyl (C=O) groups excluding carboxylic acids is 1. The zero-order chi connectivity index (χ0) is 20.8. The largest absolute Gasteiger partial charge is 0.492 e. The Balaban J connectivity index is 1.43. The van der Waals surface area contributed by atoms with E-state index in [0.29, 0.717) is 23.9 Å². The molecule has 0 aliphatic rings. The van der Waals surface area contributed by atoms with Gasteiger partial charge in [-0.3, -0.25) is 4.79 Å². The van der Waals surface area contributed by atoms with Gasteiger partial charge in [0.25, 0.3) is 0 Å². The van der Waals surface area contributed by atoms with E-state index in [0.717, 1.165) is 28.2 Å². The SMILES string of the molecule is Cc1ccc(-c2ccc(OCCNC(=O)Cc3nc(C)c(C(=O)O)s3)cc2)cc1. The molecule has 0 fully saturated rings. The van der Waals surface area contributed by atoms with E-state index in [1.807, 2.05) is 24.3 Å². The first-order chi connectivity index (χ1) is 13.9. The van der Waals surface area contributed by atoms with Gasteiger partial charge in [-0.25, -0.2) is 9.78 Å². The van der Waals surface area contributed by atoms with Gasteiger partial charge in [-0.1, -0.05) is 42.0 Å². The van der Waals surface area contributed by atoms with E-state index >= 15 is 0 Å². The highest BCUT2D eigenvalue weighted by Gasteiger charge is 2.15. The monoisotopic (exact) mass is 410 g/mol. The minimum atomic E-state index is -1.02. The van der Waals surface area contributed by atoms with Gasteiger partial charge in [0.05, 0.1) is 18.7 Å². The minimum Gasteiger partial charge on any atom is -0.492 e. The van der Waals surface area contributed by atoms with Crippen LogP contribution < -0.4 is 10.1 Å². The molecule has 0 aliphatic heterocycles. The van der Waals surface area contributed by atoms with Crippen LogP contribution in [-0.2, 0) is 11.2 Å². The van der Waals surface area contributed by atoms with Crippen molar-refractivity contribution in [1.29, 1.82) is 0 Å². The van der Waals surface area contributed by atoms with E-state index in [1.165, 1.54) is 5.56 Å². The summed E-state index contributed by atoms with van der Waals surface area (Å²) >= 11 is 1.03. The highest BCUT2D eigenvalue weighted by molar-refractivity contribution is 7.13. The van der Waals surface area contributed by atoms with Crippen molar-refractivity contribution in [3.05, 3.63) is 69.7 Å². The lowest BCUT2D eigenvalue weighted by molar-refractivity contribution is -0.120. The van der Waals surface area contributed by atoms with Crippen molar-refractivity contribution in [1.82, 2.24) is 10.3 Å². The standard InChI is InChI=1S/C22H22N2O4S/c1-14-3-5-16(6-4-14)17-7-9-18(10-8-17)28-12-11-23-19(25)13-20-24-15(2)21(29-20)22(26)27/h3-10H,11-13H2,1-2H3,(H,23,25)(H,26,27). The lowest BCUT2D eigenvalue weighted by Crippen LogP contribution is -2.29. The number of carboxylic acid groups (broad SMARTS) is 1. The average Bonchev–Trinajstić information content (AvgIpc) is 3.07. The Morgan fingerprint density at radius 1 is 1.03 bits per heavy atom. The van der Waals surface area contributed by atoms with Gasteiger partial charge in [0.15, 0.2) is 0 Å². The lowest BCUT2D eigenvalue weighted by Gasteiger charge is -2.08. The molecule has 0 unspecified atom stereocenters. The normalized spacial score (nSPS) is 10.6. The molecule has 1 amide bonds. The number of aromatic nitrogens is 1. The Morgan fingerprint density at radius 3 is 2.24 bits per heavy atom. The first-order valence-corrected chi connectivity index (χ1v) is 10.0. The van der Waals surface area contributed by atoms with Crippen LogP contribution in [0, 0.1) is 13.8 Å². The van der Waals surface area contributed by atoms with Gasteiger partial charge in [0.2, 0.25) is 5.91 Å². The average molecular weight is 410 g/mol. The molecule has 2 N–H and O–H groups in total. The third kappa shape index (κ3) is 5.65. The van der Waals surface area contributed by atoms with Gasteiger partial charge < -0.3 is 15.2 Å². The predicted octanol–water partition coefficient (Wildman–Crippen LogP) is 3.86. The molecule has 0 saturated heterocycles. The summed E-state index contributed by atoms with van der Waals surface area (Å²) in [4.78, 5) is 27.3. The maximum atomic E-state index is 12.0. The molecule has 29 heavy (non-hydrogen) atoms. The van der Waals surface area contributed by atoms with Crippen molar-refractivity contribution in [3.8, 4) is 16.9 Å². The fourth-order valence-corrected chi connectivity index (χ4v) is 3.68. The van der Waals surface area contributed by atoms with Crippen LogP contribution in [0.5, 0.6) is 5.75 Å². The van der Waals surface area contributed by atoms with Crippen molar-refractivity contribution in [2.24, 2.45) is 0 Å². The summed E-state index contributed by atoms with van der Waals surface area (Å²) < 4.78 is 5.67. The van der Waals surface area contributed by atoms with Gasteiger partial charge in [-0.2, -0.15) is 0 Å². The van der Waals surface area contributed by atoms with Crippen molar-refractivity contribution >= 4 is 23.2 Å². The number of hydrogen-bond donors (Lipinski definition) is 2. The maximum Gasteiger partial charge on any atom is 0.347 e. The number of nitrogens with one attached hydrogen (secondary N) is 1. The molecule has 3 aromatic rings. The number of aromatic carboxylic acids is 1. The molecule has 0 aliphatic carbocycles. The van der Waals surface area contributed by atoms with Crippen LogP contribution >= 0.6 is 11.3 Å². The molecule has 150 valence electrons. The van der Waals surface area contributed by atoms with E-state index in [2.05, 4.69) is 41.5 Å². The van der Waals surface area contributed by atoms with E-state index in [1.54, 1.807) is 6.92 Å². The highest BCUT2D eigenvalue weighted by Crippen LogP contribution is 2.22. The molecule has 3 rings (SSSR count). The molecule has 7 heteroatoms. The molecule has 0 radical (unpaired) electrons. The third-order valence-corrected chi connectivity index (χ3v) is 5.42. The number of aryl methyl sites for hydroxylation is 2. The summed E-state index contributed by atoms with van der Waals surface area (Å²) in [7, 11) is 0. The van der Waals surface area contributed by atoms with E-state index in [-0.39, 0.29) is 17.2 Å². The van der Waals surface area contributed by atoms with Crippen molar-refractivity contribution < 1.29 is 19.4 Å². The number of amides is 1. The molecule has 2 aromatic carbocycles. The van der Waals surface area contributed by atoms with Gasteiger partial charge in [0, 0.05) is 0 Å². The molecule has 0 spiro atoms. The Morgan fingerprint density at radius 2 is 1.66 bits per heavy atom. The first-order valence-electron chi connectivity index (χ1n) is 9.18. The Kier molecular flexibility index (Phi) is 6.61. The van der Waals surface area contributed by atoms with Crippen LogP contribution in [0.15, 0.2) is 48.5 Å². The fourth-order valence-electron chi connectivity index (χ4n) is 2.78. The van der Waals surface area contributed by atoms with Gasteiger partial charge in [0.1, 0.15) is 22.2 Å². The van der Waals surface area contributed by atoms with Gasteiger partial charge in [-0.15, -0.1) is 11.3 Å². The third-order valence-electron chi connectivity index (χ3n) is 4.28. The predicted molar refractivity (Wildman–Crippen MR) is 113 cm³/mol. The quantitative estimate of drug-likeness (QED) is 0.551. The molecular weight excluding hydrogens is 388 g/mol. The Hall–Kier alpha value is -3.19. The smallest absolute Gasteiger partial charge is 0.347 e. The maximum absolute atomic E-state index is 12.0. The van der Waals surface area contributed by atoms with E-state index < -0.39 is 5.97 Å². The number of thiazole rings is 1. The highest BCUT2D eigenvalue weighted by atomic mass is 32.1. The van der Waals surface area contributed by atoms with Crippen LogP contribution in [0.25, 0.3) is 11.1 Å². The van der Waals surface area contributed by atoms with Gasteiger partial charge >= 0.3 is 5.97 Å². The molecule has 1 aromatic heterocycles. The fraction of sp³-hybridized carbons (Fsp3) is 0.227.